The minimum absolute atomic E-state index is 0.765. The Morgan fingerprint density at radius 3 is 2.80 bits per heavy atom. The van der Waals surface area contributed by atoms with Crippen molar-refractivity contribution in [2.24, 2.45) is 5.92 Å². The van der Waals surface area contributed by atoms with Crippen molar-refractivity contribution in [3.8, 4) is 11.5 Å². The molecule has 0 spiro atoms. The lowest BCUT2D eigenvalue weighted by Gasteiger charge is -2.15. The molecule has 3 aromatic rings. The summed E-state index contributed by atoms with van der Waals surface area (Å²) in [6.45, 7) is 5.48. The van der Waals surface area contributed by atoms with E-state index < -0.39 is 0 Å². The number of pyridine rings is 1. The number of nitrogens with two attached hydrogens (primary N) is 1. The first-order valence-corrected chi connectivity index (χ1v) is 8.81. The van der Waals surface area contributed by atoms with Gasteiger partial charge in [-0.05, 0) is 37.1 Å². The summed E-state index contributed by atoms with van der Waals surface area (Å²) >= 11 is 0. The monoisotopic (exact) mass is 333 g/mol. The van der Waals surface area contributed by atoms with Gasteiger partial charge in [-0.1, -0.05) is 31.2 Å². The van der Waals surface area contributed by atoms with Gasteiger partial charge >= 0.3 is 0 Å². The maximum atomic E-state index is 6.16. The van der Waals surface area contributed by atoms with Gasteiger partial charge in [0.2, 0.25) is 0 Å². The van der Waals surface area contributed by atoms with E-state index in [1.165, 1.54) is 6.42 Å². The Kier molecular flexibility index (Phi) is 4.28. The highest BCUT2D eigenvalue weighted by atomic mass is 16.5. The fourth-order valence-corrected chi connectivity index (χ4v) is 3.52. The summed E-state index contributed by atoms with van der Waals surface area (Å²) < 4.78 is 6.16. The molecule has 1 atom stereocenters. The molecule has 1 saturated heterocycles. The van der Waals surface area contributed by atoms with Gasteiger partial charge in [0.1, 0.15) is 11.5 Å². The van der Waals surface area contributed by atoms with Crippen molar-refractivity contribution in [3.63, 3.8) is 0 Å². The fraction of sp³-hybridized carbons (Fsp3) is 0.286. The first-order valence-electron chi connectivity index (χ1n) is 8.81. The Hall–Kier alpha value is -2.59. The van der Waals surface area contributed by atoms with Crippen LogP contribution in [0.15, 0.2) is 54.7 Å². The van der Waals surface area contributed by atoms with E-state index in [1.807, 2.05) is 54.7 Å². The standard InChI is InChI=1S/C21H23N3O/c1-15-9-11-24(13-15)14-16-12-17(8-10-23-16)25-21-7-6-20(22)18-4-2-3-5-19(18)21/h2-8,10,12,15H,9,11,13-14,22H2,1H3/t15-/m1/s1. The summed E-state index contributed by atoms with van der Waals surface area (Å²) in [5.74, 6) is 2.41. The summed E-state index contributed by atoms with van der Waals surface area (Å²) in [6.07, 6.45) is 3.09. The number of benzene rings is 2. The van der Waals surface area contributed by atoms with Gasteiger partial charge in [0, 0.05) is 41.8 Å². The Morgan fingerprint density at radius 1 is 1.16 bits per heavy atom. The number of ether oxygens (including phenoxy) is 1. The van der Waals surface area contributed by atoms with Crippen molar-refractivity contribution >= 4 is 16.5 Å². The van der Waals surface area contributed by atoms with Crippen molar-refractivity contribution in [1.82, 2.24) is 9.88 Å². The van der Waals surface area contributed by atoms with Gasteiger partial charge in [0.15, 0.2) is 0 Å². The molecule has 4 heteroatoms. The molecule has 1 aromatic heterocycles. The Morgan fingerprint density at radius 2 is 2.00 bits per heavy atom. The van der Waals surface area contributed by atoms with Gasteiger partial charge in [-0.3, -0.25) is 9.88 Å². The van der Waals surface area contributed by atoms with Crippen molar-refractivity contribution < 1.29 is 4.74 Å². The first-order chi connectivity index (χ1) is 12.2. The van der Waals surface area contributed by atoms with E-state index in [2.05, 4.69) is 16.8 Å². The molecule has 4 nitrogen and oxygen atoms in total. The van der Waals surface area contributed by atoms with Crippen LogP contribution in [0.5, 0.6) is 11.5 Å². The lowest BCUT2D eigenvalue weighted by atomic mass is 10.1. The summed E-state index contributed by atoms with van der Waals surface area (Å²) in [6, 6.07) is 15.8. The highest BCUT2D eigenvalue weighted by molar-refractivity contribution is 5.97. The van der Waals surface area contributed by atoms with E-state index in [4.69, 9.17) is 10.5 Å². The number of aromatic nitrogens is 1. The van der Waals surface area contributed by atoms with Gasteiger partial charge in [0.05, 0.1) is 5.69 Å². The molecule has 2 N–H and O–H groups in total. The van der Waals surface area contributed by atoms with Crippen LogP contribution in [0.3, 0.4) is 0 Å². The highest BCUT2D eigenvalue weighted by Gasteiger charge is 2.19. The second kappa shape index (κ2) is 6.73. The molecular weight excluding hydrogens is 310 g/mol. The molecule has 128 valence electrons. The third kappa shape index (κ3) is 3.44. The smallest absolute Gasteiger partial charge is 0.135 e. The van der Waals surface area contributed by atoms with Gasteiger partial charge in [-0.2, -0.15) is 0 Å². The molecule has 1 aliphatic rings. The van der Waals surface area contributed by atoms with Crippen LogP contribution in [0, 0.1) is 5.92 Å². The lowest BCUT2D eigenvalue weighted by Crippen LogP contribution is -2.20. The molecule has 2 heterocycles. The number of rotatable bonds is 4. The van der Waals surface area contributed by atoms with Crippen molar-refractivity contribution in [1.29, 1.82) is 0 Å². The Balaban J connectivity index is 1.57. The maximum absolute atomic E-state index is 6.16. The van der Waals surface area contributed by atoms with E-state index in [0.717, 1.165) is 59.2 Å². The molecule has 0 saturated carbocycles. The average molecular weight is 333 g/mol. The number of hydrogen-bond acceptors (Lipinski definition) is 4. The van der Waals surface area contributed by atoms with Crippen LogP contribution in [0.2, 0.25) is 0 Å². The zero-order chi connectivity index (χ0) is 17.2. The molecule has 4 rings (SSSR count). The molecule has 0 unspecified atom stereocenters. The molecule has 1 aliphatic heterocycles. The second-order valence-corrected chi connectivity index (χ2v) is 6.91. The number of fused-ring (bicyclic) bond motifs is 1. The van der Waals surface area contributed by atoms with E-state index in [0.29, 0.717) is 0 Å². The lowest BCUT2D eigenvalue weighted by molar-refractivity contribution is 0.316. The van der Waals surface area contributed by atoms with Crippen LogP contribution in [0.1, 0.15) is 19.0 Å². The van der Waals surface area contributed by atoms with Crippen molar-refractivity contribution in [2.75, 3.05) is 18.8 Å². The largest absolute Gasteiger partial charge is 0.457 e. The van der Waals surface area contributed by atoms with Gasteiger partial charge < -0.3 is 10.5 Å². The van der Waals surface area contributed by atoms with Gasteiger partial charge in [-0.25, -0.2) is 0 Å². The molecule has 0 radical (unpaired) electrons. The average Bonchev–Trinajstić information content (AvgIpc) is 3.03. The molecule has 25 heavy (non-hydrogen) atoms. The van der Waals surface area contributed by atoms with Crippen LogP contribution < -0.4 is 10.5 Å². The van der Waals surface area contributed by atoms with Crippen LogP contribution in [-0.4, -0.2) is 23.0 Å². The Bertz CT molecular complexity index is 893. The number of likely N-dealkylation sites (tertiary alicyclic amines) is 1. The van der Waals surface area contributed by atoms with Crippen molar-refractivity contribution in [3.05, 3.63) is 60.4 Å². The summed E-state index contributed by atoms with van der Waals surface area (Å²) in [4.78, 5) is 6.96. The normalized spacial score (nSPS) is 17.9. The van der Waals surface area contributed by atoms with Crippen molar-refractivity contribution in [2.45, 2.75) is 19.9 Å². The number of hydrogen-bond donors (Lipinski definition) is 1. The second-order valence-electron chi connectivity index (χ2n) is 6.91. The molecule has 2 aromatic carbocycles. The summed E-state index contributed by atoms with van der Waals surface area (Å²) in [5, 5.41) is 2.04. The van der Waals surface area contributed by atoms with Crippen LogP contribution in [0.25, 0.3) is 10.8 Å². The molecule has 0 amide bonds. The fourth-order valence-electron chi connectivity index (χ4n) is 3.52. The minimum atomic E-state index is 0.765. The first kappa shape index (κ1) is 15.9. The van der Waals surface area contributed by atoms with Crippen LogP contribution in [-0.2, 0) is 6.54 Å². The van der Waals surface area contributed by atoms with E-state index in [9.17, 15) is 0 Å². The topological polar surface area (TPSA) is 51.4 Å². The van der Waals surface area contributed by atoms with E-state index in [-0.39, 0.29) is 0 Å². The predicted molar refractivity (Wildman–Crippen MR) is 102 cm³/mol. The minimum Gasteiger partial charge on any atom is -0.457 e. The molecule has 1 fully saturated rings. The third-order valence-corrected chi connectivity index (χ3v) is 4.83. The SMILES string of the molecule is C[C@@H]1CCN(Cc2cc(Oc3ccc(N)c4ccccc34)ccn2)C1. The number of nitrogen functional groups attached to an aromatic ring is 1. The molecule has 0 bridgehead atoms. The third-order valence-electron chi connectivity index (χ3n) is 4.83. The predicted octanol–water partition coefficient (Wildman–Crippen LogP) is 4.45. The summed E-state index contributed by atoms with van der Waals surface area (Å²) in [5.41, 5.74) is 7.89. The molecular formula is C21H23N3O. The van der Waals surface area contributed by atoms with Crippen LogP contribution >= 0.6 is 0 Å². The van der Waals surface area contributed by atoms with Gasteiger partial charge in [-0.15, -0.1) is 0 Å². The number of nitrogens with zero attached hydrogens (tertiary/aromatic N) is 2. The zero-order valence-electron chi connectivity index (χ0n) is 14.5. The van der Waals surface area contributed by atoms with Gasteiger partial charge in [0.25, 0.3) is 0 Å². The van der Waals surface area contributed by atoms with E-state index in [1.54, 1.807) is 0 Å². The quantitative estimate of drug-likeness (QED) is 0.717. The van der Waals surface area contributed by atoms with E-state index >= 15 is 0 Å². The maximum Gasteiger partial charge on any atom is 0.135 e. The number of anilines is 1. The zero-order valence-corrected chi connectivity index (χ0v) is 14.5. The van der Waals surface area contributed by atoms with Crippen LogP contribution in [0.4, 0.5) is 5.69 Å². The highest BCUT2D eigenvalue weighted by Crippen LogP contribution is 2.33. The summed E-state index contributed by atoms with van der Waals surface area (Å²) in [7, 11) is 0. The Labute approximate surface area is 148 Å². The molecule has 0 aliphatic carbocycles.